The quantitative estimate of drug-likeness (QED) is 0.877. The third-order valence-corrected chi connectivity index (χ3v) is 4.31. The van der Waals surface area contributed by atoms with Crippen LogP contribution in [0.3, 0.4) is 0 Å². The summed E-state index contributed by atoms with van der Waals surface area (Å²) in [5.41, 5.74) is 1.18. The topological polar surface area (TPSA) is 24.9 Å². The second kappa shape index (κ2) is 6.39. The molecule has 2 nitrogen and oxygen atoms in total. The lowest BCUT2D eigenvalue weighted by Crippen LogP contribution is -2.26. The van der Waals surface area contributed by atoms with E-state index in [1.165, 1.54) is 44.2 Å². The zero-order valence-corrected chi connectivity index (χ0v) is 12.0. The van der Waals surface area contributed by atoms with Gasteiger partial charge in [-0.05, 0) is 53.6 Å². The Morgan fingerprint density at radius 3 is 2.76 bits per heavy atom. The molecule has 1 aliphatic rings. The lowest BCUT2D eigenvalue weighted by Gasteiger charge is -2.29. The molecular formula is C14H21BrN2. The summed E-state index contributed by atoms with van der Waals surface area (Å²) in [7, 11) is 0. The van der Waals surface area contributed by atoms with E-state index in [0.717, 1.165) is 10.4 Å². The van der Waals surface area contributed by atoms with Crippen molar-refractivity contribution in [1.29, 1.82) is 0 Å². The van der Waals surface area contributed by atoms with E-state index in [1.807, 2.05) is 18.5 Å². The summed E-state index contributed by atoms with van der Waals surface area (Å²) in [6.45, 7) is 2.29. The minimum Gasteiger partial charge on any atom is -0.381 e. The minimum atomic E-state index is 0.641. The molecule has 1 heterocycles. The molecule has 1 aromatic heterocycles. The smallest absolute Gasteiger partial charge is 0.0590 e. The van der Waals surface area contributed by atoms with Gasteiger partial charge in [-0.25, -0.2) is 0 Å². The number of aromatic nitrogens is 1. The number of nitrogens with one attached hydrogen (secondary N) is 1. The van der Waals surface area contributed by atoms with Crippen LogP contribution in [0.4, 0.5) is 5.69 Å². The monoisotopic (exact) mass is 296 g/mol. The molecule has 2 rings (SSSR count). The largest absolute Gasteiger partial charge is 0.381 e. The molecule has 0 radical (unpaired) electrons. The van der Waals surface area contributed by atoms with Crippen LogP contribution in [0.1, 0.15) is 45.4 Å². The Morgan fingerprint density at radius 2 is 2.12 bits per heavy atom. The number of hydrogen-bond acceptors (Lipinski definition) is 2. The molecular weight excluding hydrogens is 276 g/mol. The number of nitrogens with zero attached hydrogens (tertiary/aromatic N) is 1. The van der Waals surface area contributed by atoms with Crippen LogP contribution in [-0.2, 0) is 0 Å². The SMILES string of the molecule is CCCC1CCC(Nc2ccncc2Br)CC1. The summed E-state index contributed by atoms with van der Waals surface area (Å²) in [5.74, 6) is 0.971. The van der Waals surface area contributed by atoms with Crippen molar-refractivity contribution in [3.63, 3.8) is 0 Å². The van der Waals surface area contributed by atoms with Crippen molar-refractivity contribution in [3.8, 4) is 0 Å². The molecule has 1 saturated carbocycles. The van der Waals surface area contributed by atoms with Gasteiger partial charge < -0.3 is 5.32 Å². The summed E-state index contributed by atoms with van der Waals surface area (Å²) in [4.78, 5) is 4.09. The molecule has 3 heteroatoms. The Balaban J connectivity index is 1.84. The summed E-state index contributed by atoms with van der Waals surface area (Å²) in [6.07, 6.45) is 11.8. The first kappa shape index (κ1) is 12.9. The van der Waals surface area contributed by atoms with Crippen molar-refractivity contribution in [2.75, 3.05) is 5.32 Å². The molecule has 0 aromatic carbocycles. The second-order valence-electron chi connectivity index (χ2n) is 5.01. The van der Waals surface area contributed by atoms with Crippen molar-refractivity contribution in [2.24, 2.45) is 5.92 Å². The average molecular weight is 297 g/mol. The van der Waals surface area contributed by atoms with Gasteiger partial charge in [-0.3, -0.25) is 4.98 Å². The van der Waals surface area contributed by atoms with E-state index < -0.39 is 0 Å². The molecule has 0 bridgehead atoms. The third-order valence-electron chi connectivity index (χ3n) is 3.68. The van der Waals surface area contributed by atoms with Gasteiger partial charge in [-0.2, -0.15) is 0 Å². The summed E-state index contributed by atoms with van der Waals surface area (Å²) < 4.78 is 1.07. The van der Waals surface area contributed by atoms with Gasteiger partial charge in [-0.15, -0.1) is 0 Å². The number of anilines is 1. The minimum absolute atomic E-state index is 0.641. The van der Waals surface area contributed by atoms with Crippen molar-refractivity contribution in [2.45, 2.75) is 51.5 Å². The molecule has 1 fully saturated rings. The van der Waals surface area contributed by atoms with Crippen LogP contribution in [0, 0.1) is 5.92 Å². The first-order chi connectivity index (χ1) is 8.29. The molecule has 0 unspecified atom stereocenters. The maximum absolute atomic E-state index is 4.09. The van der Waals surface area contributed by atoms with Crippen molar-refractivity contribution in [3.05, 3.63) is 22.9 Å². The highest BCUT2D eigenvalue weighted by Gasteiger charge is 2.20. The molecule has 1 aromatic rings. The number of halogens is 1. The molecule has 94 valence electrons. The molecule has 0 amide bonds. The normalized spacial score (nSPS) is 24.6. The van der Waals surface area contributed by atoms with Gasteiger partial charge in [0.15, 0.2) is 0 Å². The zero-order chi connectivity index (χ0) is 12.1. The molecule has 0 atom stereocenters. The Kier molecular flexibility index (Phi) is 4.84. The van der Waals surface area contributed by atoms with Crippen LogP contribution < -0.4 is 5.32 Å². The van der Waals surface area contributed by atoms with Gasteiger partial charge >= 0.3 is 0 Å². The van der Waals surface area contributed by atoms with Crippen LogP contribution >= 0.6 is 15.9 Å². The number of rotatable bonds is 4. The summed E-state index contributed by atoms with van der Waals surface area (Å²) in [6, 6.07) is 2.68. The first-order valence-electron chi connectivity index (χ1n) is 6.65. The maximum atomic E-state index is 4.09. The summed E-state index contributed by atoms with van der Waals surface area (Å²) >= 11 is 3.53. The van der Waals surface area contributed by atoms with Crippen molar-refractivity contribution in [1.82, 2.24) is 4.98 Å². The predicted octanol–water partition coefficient (Wildman–Crippen LogP) is 4.61. The highest BCUT2D eigenvalue weighted by Crippen LogP contribution is 2.30. The predicted molar refractivity (Wildman–Crippen MR) is 76.2 cm³/mol. The summed E-state index contributed by atoms with van der Waals surface area (Å²) in [5, 5.41) is 3.62. The van der Waals surface area contributed by atoms with Crippen LogP contribution in [0.2, 0.25) is 0 Å². The highest BCUT2D eigenvalue weighted by atomic mass is 79.9. The first-order valence-corrected chi connectivity index (χ1v) is 7.45. The Bertz CT molecular complexity index is 346. The van der Waals surface area contributed by atoms with Gasteiger partial charge in [0, 0.05) is 18.4 Å². The molecule has 0 aliphatic heterocycles. The van der Waals surface area contributed by atoms with E-state index in [9.17, 15) is 0 Å². The molecule has 1 N–H and O–H groups in total. The molecule has 0 spiro atoms. The highest BCUT2D eigenvalue weighted by molar-refractivity contribution is 9.10. The number of pyridine rings is 1. The van der Waals surface area contributed by atoms with Crippen molar-refractivity contribution >= 4 is 21.6 Å². The second-order valence-corrected chi connectivity index (χ2v) is 5.86. The van der Waals surface area contributed by atoms with Crippen LogP contribution in [-0.4, -0.2) is 11.0 Å². The van der Waals surface area contributed by atoms with E-state index in [4.69, 9.17) is 0 Å². The molecule has 0 saturated heterocycles. The lowest BCUT2D eigenvalue weighted by molar-refractivity contribution is 0.319. The van der Waals surface area contributed by atoms with Gasteiger partial charge in [0.05, 0.1) is 10.2 Å². The fourth-order valence-corrected chi connectivity index (χ4v) is 3.08. The third kappa shape index (κ3) is 3.70. The van der Waals surface area contributed by atoms with E-state index in [-0.39, 0.29) is 0 Å². The average Bonchev–Trinajstić information content (AvgIpc) is 2.35. The van der Waals surface area contributed by atoms with Gasteiger partial charge in [-0.1, -0.05) is 19.8 Å². The van der Waals surface area contributed by atoms with Gasteiger partial charge in [0.25, 0.3) is 0 Å². The van der Waals surface area contributed by atoms with Crippen molar-refractivity contribution < 1.29 is 0 Å². The zero-order valence-electron chi connectivity index (χ0n) is 10.5. The lowest BCUT2D eigenvalue weighted by atomic mass is 9.83. The number of hydrogen-bond donors (Lipinski definition) is 1. The van der Waals surface area contributed by atoms with Gasteiger partial charge in [0.2, 0.25) is 0 Å². The Labute approximate surface area is 112 Å². The molecule has 1 aliphatic carbocycles. The van der Waals surface area contributed by atoms with E-state index >= 15 is 0 Å². The Morgan fingerprint density at radius 1 is 1.35 bits per heavy atom. The van der Waals surface area contributed by atoms with Crippen LogP contribution in [0.5, 0.6) is 0 Å². The van der Waals surface area contributed by atoms with E-state index in [2.05, 4.69) is 33.2 Å². The molecule has 17 heavy (non-hydrogen) atoms. The fourth-order valence-electron chi connectivity index (χ4n) is 2.72. The maximum Gasteiger partial charge on any atom is 0.0590 e. The van der Waals surface area contributed by atoms with E-state index in [1.54, 1.807) is 0 Å². The Hall–Kier alpha value is -0.570. The standard InChI is InChI=1S/C14H21BrN2/c1-2-3-11-4-6-12(7-5-11)17-14-8-9-16-10-13(14)15/h8-12H,2-7H2,1H3,(H,16,17). The van der Waals surface area contributed by atoms with Gasteiger partial charge in [0.1, 0.15) is 0 Å². The van der Waals surface area contributed by atoms with Crippen LogP contribution in [0.25, 0.3) is 0 Å². The van der Waals surface area contributed by atoms with Crippen LogP contribution in [0.15, 0.2) is 22.9 Å². The fraction of sp³-hybridized carbons (Fsp3) is 0.643. The van der Waals surface area contributed by atoms with E-state index in [0.29, 0.717) is 6.04 Å².